The second-order valence-corrected chi connectivity index (χ2v) is 7.88. The number of carbonyl (C=O) groups excluding carboxylic acids is 1. The molecule has 0 fully saturated rings. The lowest BCUT2D eigenvalue weighted by molar-refractivity contribution is -0.142. The van der Waals surface area contributed by atoms with E-state index in [1.165, 1.54) is 23.9 Å². The highest BCUT2D eigenvalue weighted by molar-refractivity contribution is 7.98. The number of hydrogen-bond acceptors (Lipinski definition) is 7. The Hall–Kier alpha value is -3.46. The van der Waals surface area contributed by atoms with Gasteiger partial charge in [0, 0.05) is 17.5 Å². The van der Waals surface area contributed by atoms with E-state index in [1.54, 1.807) is 31.4 Å². The highest BCUT2D eigenvalue weighted by atomic mass is 32.2. The van der Waals surface area contributed by atoms with Gasteiger partial charge in [-0.1, -0.05) is 12.1 Å². The molecule has 0 aliphatic heterocycles. The Labute approximate surface area is 188 Å². The van der Waals surface area contributed by atoms with Crippen molar-refractivity contribution in [3.8, 4) is 22.6 Å². The summed E-state index contributed by atoms with van der Waals surface area (Å²) in [6.45, 7) is -0.364. The van der Waals surface area contributed by atoms with Crippen LogP contribution in [0, 0.1) is 0 Å². The second-order valence-electron chi connectivity index (χ2n) is 6.89. The lowest BCUT2D eigenvalue weighted by atomic mass is 10.0. The van der Waals surface area contributed by atoms with Crippen LogP contribution in [0.25, 0.3) is 22.1 Å². The number of ether oxygens (including phenoxy) is 2. The number of rotatable bonds is 10. The summed E-state index contributed by atoms with van der Waals surface area (Å²) in [5.74, 6) is -0.0107. The van der Waals surface area contributed by atoms with Crippen molar-refractivity contribution in [3.63, 3.8) is 0 Å². The maximum atomic E-state index is 12.1. The molecule has 1 amide bonds. The predicted molar refractivity (Wildman–Crippen MR) is 123 cm³/mol. The Morgan fingerprint density at radius 3 is 2.50 bits per heavy atom. The average molecular weight is 458 g/mol. The molecule has 2 aromatic carbocycles. The molecule has 0 spiro atoms. The van der Waals surface area contributed by atoms with Crippen LogP contribution in [0.3, 0.4) is 0 Å². The number of carboxylic acid groups (broad SMARTS) is 1. The van der Waals surface area contributed by atoms with Gasteiger partial charge >= 0.3 is 11.6 Å². The lowest BCUT2D eigenvalue weighted by Crippen LogP contribution is -2.43. The number of carboxylic acids is 1. The van der Waals surface area contributed by atoms with Crippen molar-refractivity contribution in [2.75, 3.05) is 25.7 Å². The Morgan fingerprint density at radius 2 is 1.84 bits per heavy atom. The summed E-state index contributed by atoms with van der Waals surface area (Å²) in [7, 11) is 1.58. The Kier molecular flexibility index (Phi) is 7.77. The zero-order chi connectivity index (χ0) is 23.1. The molecule has 168 valence electrons. The average Bonchev–Trinajstić information content (AvgIpc) is 2.79. The van der Waals surface area contributed by atoms with E-state index in [0.717, 1.165) is 5.56 Å². The van der Waals surface area contributed by atoms with E-state index in [4.69, 9.17) is 13.9 Å². The van der Waals surface area contributed by atoms with Gasteiger partial charge in [0.25, 0.3) is 5.91 Å². The largest absolute Gasteiger partial charge is 0.497 e. The van der Waals surface area contributed by atoms with Gasteiger partial charge in [-0.2, -0.15) is 11.8 Å². The summed E-state index contributed by atoms with van der Waals surface area (Å²) in [6.07, 6.45) is 2.18. The van der Waals surface area contributed by atoms with E-state index in [2.05, 4.69) is 5.32 Å². The quantitative estimate of drug-likeness (QED) is 0.446. The molecule has 0 bridgehead atoms. The van der Waals surface area contributed by atoms with Gasteiger partial charge in [0.1, 0.15) is 23.1 Å². The van der Waals surface area contributed by atoms with Gasteiger partial charge in [-0.3, -0.25) is 4.79 Å². The van der Waals surface area contributed by atoms with Gasteiger partial charge in [-0.05, 0) is 53.8 Å². The number of carbonyl (C=O) groups is 2. The van der Waals surface area contributed by atoms with Crippen molar-refractivity contribution in [2.45, 2.75) is 12.5 Å². The van der Waals surface area contributed by atoms with Crippen molar-refractivity contribution in [1.29, 1.82) is 0 Å². The standard InChI is InChI=1S/C23H23NO7S/c1-29-15-5-3-14(4-6-15)18-12-22(26)31-20-11-16(7-8-17(18)20)30-13-21(25)24-19(23(27)28)9-10-32-2/h3-8,11-12,19H,9-10,13H2,1-2H3,(H,24,25)(H,27,28). The fourth-order valence-electron chi connectivity index (χ4n) is 3.12. The third-order valence-corrected chi connectivity index (χ3v) is 5.37. The molecule has 1 aromatic heterocycles. The Bertz CT molecular complexity index is 1160. The van der Waals surface area contributed by atoms with Crippen molar-refractivity contribution < 1.29 is 28.6 Å². The number of fused-ring (bicyclic) bond motifs is 1. The van der Waals surface area contributed by atoms with Gasteiger partial charge in [0.05, 0.1) is 7.11 Å². The highest BCUT2D eigenvalue weighted by Gasteiger charge is 2.19. The first kappa shape index (κ1) is 23.2. The lowest BCUT2D eigenvalue weighted by Gasteiger charge is -2.14. The number of methoxy groups -OCH3 is 1. The van der Waals surface area contributed by atoms with Crippen LogP contribution in [0.15, 0.2) is 57.7 Å². The molecule has 9 heteroatoms. The SMILES string of the molecule is COc1ccc(-c2cc(=O)oc3cc(OCC(=O)NC(CCSC)C(=O)O)ccc23)cc1. The summed E-state index contributed by atoms with van der Waals surface area (Å²) in [6, 6.07) is 12.7. The van der Waals surface area contributed by atoms with Crippen LogP contribution in [-0.4, -0.2) is 48.8 Å². The molecule has 0 radical (unpaired) electrons. The second kappa shape index (κ2) is 10.7. The summed E-state index contributed by atoms with van der Waals surface area (Å²) < 4.78 is 16.0. The maximum Gasteiger partial charge on any atom is 0.336 e. The molecule has 0 aliphatic carbocycles. The minimum atomic E-state index is -1.09. The zero-order valence-electron chi connectivity index (χ0n) is 17.6. The van der Waals surface area contributed by atoms with Gasteiger partial charge in [0.2, 0.25) is 0 Å². The first-order valence-electron chi connectivity index (χ1n) is 9.77. The molecular weight excluding hydrogens is 434 g/mol. The zero-order valence-corrected chi connectivity index (χ0v) is 18.4. The minimum Gasteiger partial charge on any atom is -0.497 e. The van der Waals surface area contributed by atoms with Crippen LogP contribution < -0.4 is 20.4 Å². The molecule has 3 aromatic rings. The fourth-order valence-corrected chi connectivity index (χ4v) is 3.59. The Balaban J connectivity index is 1.76. The number of thioether (sulfide) groups is 1. The Morgan fingerprint density at radius 1 is 1.12 bits per heavy atom. The van der Waals surface area contributed by atoms with Crippen LogP contribution in [0.1, 0.15) is 6.42 Å². The van der Waals surface area contributed by atoms with Crippen LogP contribution >= 0.6 is 11.8 Å². The third-order valence-electron chi connectivity index (χ3n) is 4.73. The van der Waals surface area contributed by atoms with E-state index >= 15 is 0 Å². The van der Waals surface area contributed by atoms with Crippen LogP contribution in [-0.2, 0) is 9.59 Å². The van der Waals surface area contributed by atoms with Crippen molar-refractivity contribution in [1.82, 2.24) is 5.32 Å². The number of hydrogen-bond donors (Lipinski definition) is 2. The first-order chi connectivity index (χ1) is 15.4. The number of benzene rings is 2. The molecule has 8 nitrogen and oxygen atoms in total. The van der Waals surface area contributed by atoms with Gasteiger partial charge in [-0.15, -0.1) is 0 Å². The third kappa shape index (κ3) is 5.82. The van der Waals surface area contributed by atoms with E-state index < -0.39 is 23.5 Å². The molecule has 3 rings (SSSR count). The maximum absolute atomic E-state index is 12.1. The predicted octanol–water partition coefficient (Wildman–Crippen LogP) is 3.17. The number of aliphatic carboxylic acids is 1. The molecule has 0 saturated carbocycles. The highest BCUT2D eigenvalue weighted by Crippen LogP contribution is 2.30. The summed E-state index contributed by atoms with van der Waals surface area (Å²) in [5, 5.41) is 12.4. The molecule has 1 heterocycles. The van der Waals surface area contributed by atoms with Crippen LogP contribution in [0.2, 0.25) is 0 Å². The van der Waals surface area contributed by atoms with Gasteiger partial charge in [-0.25, -0.2) is 9.59 Å². The number of amides is 1. The van der Waals surface area contributed by atoms with Crippen molar-refractivity contribution >= 4 is 34.6 Å². The van der Waals surface area contributed by atoms with E-state index in [0.29, 0.717) is 40.2 Å². The monoisotopic (exact) mass is 457 g/mol. The molecule has 2 N–H and O–H groups in total. The van der Waals surface area contributed by atoms with Crippen molar-refractivity contribution in [2.24, 2.45) is 0 Å². The molecule has 1 unspecified atom stereocenters. The smallest absolute Gasteiger partial charge is 0.336 e. The summed E-state index contributed by atoms with van der Waals surface area (Å²) in [5.41, 5.74) is 1.31. The fraction of sp³-hybridized carbons (Fsp3) is 0.261. The van der Waals surface area contributed by atoms with Gasteiger partial charge in [0.15, 0.2) is 6.61 Å². The topological polar surface area (TPSA) is 115 Å². The van der Waals surface area contributed by atoms with Gasteiger partial charge < -0.3 is 24.3 Å². The van der Waals surface area contributed by atoms with Crippen LogP contribution in [0.4, 0.5) is 0 Å². The molecule has 0 saturated heterocycles. The van der Waals surface area contributed by atoms with Crippen molar-refractivity contribution in [3.05, 3.63) is 59.0 Å². The summed E-state index contributed by atoms with van der Waals surface area (Å²) >= 11 is 1.50. The molecule has 32 heavy (non-hydrogen) atoms. The van der Waals surface area contributed by atoms with E-state index in [1.807, 2.05) is 18.4 Å². The normalized spacial score (nSPS) is 11.7. The van der Waals surface area contributed by atoms with E-state index in [-0.39, 0.29) is 6.61 Å². The minimum absolute atomic E-state index is 0.310. The molecule has 1 atom stereocenters. The summed E-state index contributed by atoms with van der Waals surface area (Å²) in [4.78, 5) is 35.5. The number of nitrogens with one attached hydrogen (secondary N) is 1. The van der Waals surface area contributed by atoms with Crippen LogP contribution in [0.5, 0.6) is 11.5 Å². The molecular formula is C23H23NO7S. The van der Waals surface area contributed by atoms with E-state index in [9.17, 15) is 19.5 Å². The molecule has 0 aliphatic rings. The first-order valence-corrected chi connectivity index (χ1v) is 11.2.